The van der Waals surface area contributed by atoms with Crippen molar-refractivity contribution in [1.82, 2.24) is 9.88 Å². The molecule has 1 aliphatic heterocycles. The Hall–Kier alpha value is -1.55. The number of hydrogen-bond acceptors (Lipinski definition) is 5. The van der Waals surface area contributed by atoms with Gasteiger partial charge in [-0.3, -0.25) is 14.6 Å². The maximum absolute atomic E-state index is 14.2. The van der Waals surface area contributed by atoms with Crippen LogP contribution in [-0.2, 0) is 4.74 Å². The van der Waals surface area contributed by atoms with E-state index in [1.54, 1.807) is 0 Å². The summed E-state index contributed by atoms with van der Waals surface area (Å²) >= 11 is 13.2. The van der Waals surface area contributed by atoms with Crippen molar-refractivity contribution >= 4 is 68.2 Å². The lowest BCUT2D eigenvalue weighted by atomic mass is 10.2. The molecule has 0 atom stereocenters. The van der Waals surface area contributed by atoms with E-state index in [1.165, 1.54) is 29.2 Å². The second-order valence-electron chi connectivity index (χ2n) is 6.80. The molecule has 3 aromatic rings. The Labute approximate surface area is 197 Å². The molecule has 2 heterocycles. The summed E-state index contributed by atoms with van der Waals surface area (Å²) in [4.78, 5) is 21.2. The first-order chi connectivity index (χ1) is 14.4. The maximum Gasteiger partial charge on any atom is 0.260 e. The molecule has 0 bridgehead atoms. The minimum Gasteiger partial charge on any atom is -0.379 e. The Bertz CT molecular complexity index is 1070. The van der Waals surface area contributed by atoms with Crippen LogP contribution in [0, 0.1) is 11.6 Å². The number of halogens is 5. The Balaban J connectivity index is 0.00000272. The molecular weight excluding hydrogens is 491 g/mol. The van der Waals surface area contributed by atoms with E-state index in [9.17, 15) is 13.6 Å². The fourth-order valence-electron chi connectivity index (χ4n) is 3.24. The maximum atomic E-state index is 14.2. The van der Waals surface area contributed by atoms with Crippen molar-refractivity contribution in [3.05, 3.63) is 57.6 Å². The van der Waals surface area contributed by atoms with Gasteiger partial charge in [0.2, 0.25) is 0 Å². The predicted octanol–water partition coefficient (Wildman–Crippen LogP) is 5.28. The molecule has 0 N–H and O–H groups in total. The number of carbonyl (C=O) groups is 1. The Morgan fingerprint density at radius 1 is 1.13 bits per heavy atom. The van der Waals surface area contributed by atoms with Gasteiger partial charge in [-0.25, -0.2) is 13.8 Å². The number of thiazole rings is 1. The fraction of sp³-hybridized carbons (Fsp3) is 0.300. The van der Waals surface area contributed by atoms with Gasteiger partial charge in [-0.2, -0.15) is 0 Å². The summed E-state index contributed by atoms with van der Waals surface area (Å²) in [6, 6.07) is 6.56. The molecule has 1 aliphatic rings. The highest BCUT2D eigenvalue weighted by molar-refractivity contribution is 7.22. The highest BCUT2D eigenvalue weighted by Crippen LogP contribution is 2.32. The molecule has 0 saturated carbocycles. The zero-order chi connectivity index (χ0) is 21.3. The molecule has 2 aromatic carbocycles. The number of rotatable bonds is 5. The van der Waals surface area contributed by atoms with Crippen molar-refractivity contribution in [2.45, 2.75) is 0 Å². The van der Waals surface area contributed by atoms with Crippen LogP contribution in [0.15, 0.2) is 30.3 Å². The minimum atomic E-state index is -0.765. The molecule has 4 rings (SSSR count). The number of aromatic nitrogens is 1. The Kier molecular flexibility index (Phi) is 8.07. The molecule has 0 aliphatic carbocycles. The minimum absolute atomic E-state index is 0. The average molecular weight is 509 g/mol. The summed E-state index contributed by atoms with van der Waals surface area (Å²) in [6.45, 7) is 3.66. The van der Waals surface area contributed by atoms with E-state index >= 15 is 0 Å². The third-order valence-electron chi connectivity index (χ3n) is 4.73. The number of fused-ring (bicyclic) bond motifs is 1. The first kappa shape index (κ1) is 24.1. The molecule has 5 nitrogen and oxygen atoms in total. The number of morpholine rings is 1. The van der Waals surface area contributed by atoms with Gasteiger partial charge in [-0.05, 0) is 24.3 Å². The first-order valence-electron chi connectivity index (χ1n) is 9.24. The number of benzene rings is 2. The van der Waals surface area contributed by atoms with Crippen LogP contribution in [0.5, 0.6) is 0 Å². The first-order valence-corrected chi connectivity index (χ1v) is 10.8. The van der Waals surface area contributed by atoms with Gasteiger partial charge < -0.3 is 4.74 Å². The highest BCUT2D eigenvalue weighted by atomic mass is 35.5. The molecule has 166 valence electrons. The lowest BCUT2D eigenvalue weighted by molar-refractivity contribution is 0.0391. The molecule has 31 heavy (non-hydrogen) atoms. The third-order valence-corrected chi connectivity index (χ3v) is 6.19. The molecule has 1 aromatic heterocycles. The van der Waals surface area contributed by atoms with E-state index in [1.807, 2.05) is 0 Å². The number of ether oxygens (including phenoxy) is 1. The monoisotopic (exact) mass is 507 g/mol. The van der Waals surface area contributed by atoms with Crippen molar-refractivity contribution in [2.75, 3.05) is 44.3 Å². The zero-order valence-electron chi connectivity index (χ0n) is 16.1. The number of carbonyl (C=O) groups excluding carboxylic acids is 1. The summed E-state index contributed by atoms with van der Waals surface area (Å²) in [5.41, 5.74) is 0.324. The van der Waals surface area contributed by atoms with Crippen LogP contribution in [-0.4, -0.2) is 55.2 Å². The van der Waals surface area contributed by atoms with Crippen LogP contribution in [0.4, 0.5) is 13.9 Å². The van der Waals surface area contributed by atoms with E-state index in [0.29, 0.717) is 46.6 Å². The van der Waals surface area contributed by atoms with Gasteiger partial charge in [0.05, 0.1) is 17.9 Å². The van der Waals surface area contributed by atoms with E-state index in [-0.39, 0.29) is 29.0 Å². The Morgan fingerprint density at radius 2 is 1.81 bits per heavy atom. The smallest absolute Gasteiger partial charge is 0.260 e. The van der Waals surface area contributed by atoms with Gasteiger partial charge in [0.1, 0.15) is 11.3 Å². The van der Waals surface area contributed by atoms with Gasteiger partial charge in [0.15, 0.2) is 10.9 Å². The van der Waals surface area contributed by atoms with Crippen LogP contribution in [0.2, 0.25) is 10.0 Å². The second kappa shape index (κ2) is 10.4. The lowest BCUT2D eigenvalue weighted by Gasteiger charge is -2.29. The van der Waals surface area contributed by atoms with E-state index in [2.05, 4.69) is 9.88 Å². The summed E-state index contributed by atoms with van der Waals surface area (Å²) in [7, 11) is 0. The molecule has 11 heteroatoms. The molecular formula is C20H18Cl3F2N3O2S. The Morgan fingerprint density at radius 3 is 2.48 bits per heavy atom. The van der Waals surface area contributed by atoms with Crippen molar-refractivity contribution in [3.8, 4) is 0 Å². The SMILES string of the molecule is Cl.O=C(c1cc(Cl)cc(Cl)c1)N(CCN1CCOCC1)c1nc2c(F)cc(F)cc2s1. The van der Waals surface area contributed by atoms with Crippen LogP contribution in [0.25, 0.3) is 10.2 Å². The largest absolute Gasteiger partial charge is 0.379 e. The second-order valence-corrected chi connectivity index (χ2v) is 8.68. The third kappa shape index (κ3) is 5.63. The molecule has 0 spiro atoms. The van der Waals surface area contributed by atoms with Crippen LogP contribution >= 0.6 is 46.9 Å². The number of anilines is 1. The average Bonchev–Trinajstić information content (AvgIpc) is 3.12. The summed E-state index contributed by atoms with van der Waals surface area (Å²) < 4.78 is 33.5. The van der Waals surface area contributed by atoms with Gasteiger partial charge >= 0.3 is 0 Å². The lowest BCUT2D eigenvalue weighted by Crippen LogP contribution is -2.43. The normalized spacial score (nSPS) is 14.5. The van der Waals surface area contributed by atoms with E-state index in [0.717, 1.165) is 30.5 Å². The molecule has 0 unspecified atom stereocenters. The zero-order valence-corrected chi connectivity index (χ0v) is 19.3. The van der Waals surface area contributed by atoms with Gasteiger partial charge in [-0.1, -0.05) is 34.5 Å². The summed E-state index contributed by atoms with van der Waals surface area (Å²) in [6.07, 6.45) is 0. The topological polar surface area (TPSA) is 45.7 Å². The predicted molar refractivity (Wildman–Crippen MR) is 122 cm³/mol. The van der Waals surface area contributed by atoms with Gasteiger partial charge in [-0.15, -0.1) is 12.4 Å². The number of amides is 1. The van der Waals surface area contributed by atoms with Gasteiger partial charge in [0.25, 0.3) is 5.91 Å². The van der Waals surface area contributed by atoms with E-state index in [4.69, 9.17) is 27.9 Å². The number of hydrogen-bond donors (Lipinski definition) is 0. The summed E-state index contributed by atoms with van der Waals surface area (Å²) in [5.74, 6) is -1.82. The molecule has 1 amide bonds. The highest BCUT2D eigenvalue weighted by Gasteiger charge is 2.24. The van der Waals surface area contributed by atoms with Crippen molar-refractivity contribution in [1.29, 1.82) is 0 Å². The van der Waals surface area contributed by atoms with Crippen molar-refractivity contribution in [2.24, 2.45) is 0 Å². The molecule has 1 fully saturated rings. The number of nitrogens with zero attached hydrogens (tertiary/aromatic N) is 3. The molecule has 1 saturated heterocycles. The molecule has 0 radical (unpaired) electrons. The fourth-order valence-corrected chi connectivity index (χ4v) is 4.80. The quantitative estimate of drug-likeness (QED) is 0.470. The van der Waals surface area contributed by atoms with Gasteiger partial charge in [0, 0.05) is 47.9 Å². The van der Waals surface area contributed by atoms with Crippen molar-refractivity contribution < 1.29 is 18.3 Å². The van der Waals surface area contributed by atoms with Crippen LogP contribution in [0.1, 0.15) is 10.4 Å². The standard InChI is InChI=1S/C20H17Cl2F2N3O2S.ClH/c21-13-7-12(8-14(22)9-13)19(28)27(2-1-26-3-5-29-6-4-26)20-25-18-16(24)10-15(23)11-17(18)30-20;/h7-11H,1-6H2;1H. The van der Waals surface area contributed by atoms with Crippen molar-refractivity contribution in [3.63, 3.8) is 0 Å². The van der Waals surface area contributed by atoms with E-state index < -0.39 is 11.6 Å². The van der Waals surface area contributed by atoms with Crippen LogP contribution < -0.4 is 4.90 Å². The summed E-state index contributed by atoms with van der Waals surface area (Å²) in [5, 5.41) is 0.941. The van der Waals surface area contributed by atoms with Crippen LogP contribution in [0.3, 0.4) is 0 Å².